The number of carbonyl (C=O) groups excluding carboxylic acids is 2. The number of benzene rings is 1. The van der Waals surface area contributed by atoms with E-state index in [0.717, 1.165) is 16.6 Å². The van der Waals surface area contributed by atoms with Crippen LogP contribution in [0.1, 0.15) is 4.88 Å². The molecule has 146 valence electrons. The molecule has 0 saturated carbocycles. The molecular weight excluding hydrogens is 401 g/mol. The zero-order valence-corrected chi connectivity index (χ0v) is 16.6. The Morgan fingerprint density at radius 1 is 1.21 bits per heavy atom. The lowest BCUT2D eigenvalue weighted by Gasteiger charge is -2.06. The number of halogens is 1. The normalized spacial score (nSPS) is 10.6. The molecule has 3 aromatic rings. The van der Waals surface area contributed by atoms with Crippen molar-refractivity contribution < 1.29 is 14.0 Å². The Kier molecular flexibility index (Phi) is 6.77. The van der Waals surface area contributed by atoms with Gasteiger partial charge in [0.25, 0.3) is 0 Å². The van der Waals surface area contributed by atoms with Crippen molar-refractivity contribution >= 4 is 35.0 Å². The third-order valence-electron chi connectivity index (χ3n) is 3.77. The fraction of sp³-hybridized carbons (Fsp3) is 0.222. The lowest BCUT2D eigenvalue weighted by Crippen LogP contribution is -2.41. The maximum atomic E-state index is 13.9. The molecule has 3 rings (SSSR count). The van der Waals surface area contributed by atoms with Crippen LogP contribution < -0.4 is 10.6 Å². The standard InChI is InChI=1S/C18H18FN5O2S2/c1-24-16(13-6-2-3-7-14(13)19)22-23-18(24)28-11-15(25)21-17(26)20-9-8-12-5-4-10-27-12/h2-7,10H,8-9,11H2,1H3,(H2,20,21,25,26). The fourth-order valence-corrected chi connectivity index (χ4v) is 3.83. The van der Waals surface area contributed by atoms with Crippen LogP contribution in [0.4, 0.5) is 9.18 Å². The lowest BCUT2D eigenvalue weighted by molar-refractivity contribution is -0.117. The number of imide groups is 1. The molecule has 0 aliphatic heterocycles. The molecular formula is C18H18FN5O2S2. The van der Waals surface area contributed by atoms with Crippen LogP contribution in [0, 0.1) is 5.82 Å². The molecule has 0 unspecified atom stereocenters. The molecule has 0 saturated heterocycles. The van der Waals surface area contributed by atoms with E-state index < -0.39 is 17.8 Å². The molecule has 0 atom stereocenters. The van der Waals surface area contributed by atoms with Crippen LogP contribution in [-0.4, -0.2) is 39.0 Å². The Bertz CT molecular complexity index is 959. The van der Waals surface area contributed by atoms with E-state index in [1.54, 1.807) is 41.2 Å². The highest BCUT2D eigenvalue weighted by atomic mass is 32.2. The van der Waals surface area contributed by atoms with E-state index in [1.807, 2.05) is 17.5 Å². The summed E-state index contributed by atoms with van der Waals surface area (Å²) >= 11 is 2.73. The summed E-state index contributed by atoms with van der Waals surface area (Å²) in [6, 6.07) is 9.67. The Labute approximate surface area is 169 Å². The Morgan fingerprint density at radius 3 is 2.79 bits per heavy atom. The van der Waals surface area contributed by atoms with Crippen LogP contribution in [0.2, 0.25) is 0 Å². The minimum absolute atomic E-state index is 0.0123. The lowest BCUT2D eigenvalue weighted by atomic mass is 10.2. The molecule has 10 heteroatoms. The molecule has 2 heterocycles. The molecule has 0 aliphatic rings. The maximum Gasteiger partial charge on any atom is 0.321 e. The van der Waals surface area contributed by atoms with E-state index in [-0.39, 0.29) is 5.75 Å². The van der Waals surface area contributed by atoms with Gasteiger partial charge < -0.3 is 9.88 Å². The van der Waals surface area contributed by atoms with Crippen molar-refractivity contribution in [3.8, 4) is 11.4 Å². The molecule has 0 spiro atoms. The van der Waals surface area contributed by atoms with Crippen molar-refractivity contribution in [3.63, 3.8) is 0 Å². The predicted molar refractivity (Wildman–Crippen MR) is 107 cm³/mol. The van der Waals surface area contributed by atoms with Crippen LogP contribution in [0.25, 0.3) is 11.4 Å². The minimum atomic E-state index is -0.535. The molecule has 2 aromatic heterocycles. The van der Waals surface area contributed by atoms with Gasteiger partial charge in [0.15, 0.2) is 11.0 Å². The first-order valence-corrected chi connectivity index (χ1v) is 10.3. The summed E-state index contributed by atoms with van der Waals surface area (Å²) in [7, 11) is 1.69. The number of aromatic nitrogens is 3. The quantitative estimate of drug-likeness (QED) is 0.575. The summed E-state index contributed by atoms with van der Waals surface area (Å²) in [5.74, 6) is -0.491. The van der Waals surface area contributed by atoms with E-state index in [4.69, 9.17) is 0 Å². The van der Waals surface area contributed by atoms with Gasteiger partial charge in [0.1, 0.15) is 5.82 Å². The topological polar surface area (TPSA) is 88.9 Å². The molecule has 7 nitrogen and oxygen atoms in total. The Hall–Kier alpha value is -2.72. The van der Waals surface area contributed by atoms with E-state index in [0.29, 0.717) is 29.5 Å². The third kappa shape index (κ3) is 5.17. The summed E-state index contributed by atoms with van der Waals surface area (Å²) in [6.45, 7) is 0.446. The summed E-state index contributed by atoms with van der Waals surface area (Å²) < 4.78 is 15.5. The number of nitrogens with one attached hydrogen (secondary N) is 2. The van der Waals surface area contributed by atoms with Crippen molar-refractivity contribution in [2.75, 3.05) is 12.3 Å². The molecule has 0 radical (unpaired) electrons. The fourth-order valence-electron chi connectivity index (χ4n) is 2.41. The zero-order chi connectivity index (χ0) is 19.9. The van der Waals surface area contributed by atoms with E-state index in [1.165, 1.54) is 6.07 Å². The minimum Gasteiger partial charge on any atom is -0.337 e. The summed E-state index contributed by atoms with van der Waals surface area (Å²) in [5, 5.41) is 15.3. The highest BCUT2D eigenvalue weighted by molar-refractivity contribution is 7.99. The monoisotopic (exact) mass is 419 g/mol. The van der Waals surface area contributed by atoms with Gasteiger partial charge in [-0.05, 0) is 30.0 Å². The second kappa shape index (κ2) is 9.47. The van der Waals surface area contributed by atoms with Crippen LogP contribution in [0.15, 0.2) is 46.9 Å². The molecule has 2 N–H and O–H groups in total. The van der Waals surface area contributed by atoms with Crippen molar-refractivity contribution in [1.29, 1.82) is 0 Å². The van der Waals surface area contributed by atoms with Gasteiger partial charge >= 0.3 is 6.03 Å². The van der Waals surface area contributed by atoms with Gasteiger partial charge in [0, 0.05) is 18.5 Å². The van der Waals surface area contributed by atoms with Gasteiger partial charge in [-0.2, -0.15) is 0 Å². The molecule has 1 aromatic carbocycles. The number of thiophene rings is 1. The molecule has 3 amide bonds. The molecule has 0 aliphatic carbocycles. The van der Waals surface area contributed by atoms with Gasteiger partial charge in [-0.15, -0.1) is 21.5 Å². The summed E-state index contributed by atoms with van der Waals surface area (Å²) in [4.78, 5) is 24.9. The van der Waals surface area contributed by atoms with Crippen molar-refractivity contribution in [1.82, 2.24) is 25.4 Å². The van der Waals surface area contributed by atoms with Gasteiger partial charge in [-0.25, -0.2) is 9.18 Å². The van der Waals surface area contributed by atoms with E-state index in [9.17, 15) is 14.0 Å². The average Bonchev–Trinajstić information content (AvgIpc) is 3.30. The first-order valence-electron chi connectivity index (χ1n) is 8.41. The number of hydrogen-bond acceptors (Lipinski definition) is 6. The molecule has 0 fully saturated rings. The van der Waals surface area contributed by atoms with Gasteiger partial charge in [0.05, 0.1) is 11.3 Å². The van der Waals surface area contributed by atoms with Gasteiger partial charge in [-0.3, -0.25) is 10.1 Å². The summed E-state index contributed by atoms with van der Waals surface area (Å²) in [5.41, 5.74) is 0.332. The Balaban J connectivity index is 1.47. The Morgan fingerprint density at radius 2 is 2.04 bits per heavy atom. The van der Waals surface area contributed by atoms with Gasteiger partial charge in [0.2, 0.25) is 5.91 Å². The number of thioether (sulfide) groups is 1. The van der Waals surface area contributed by atoms with E-state index in [2.05, 4.69) is 20.8 Å². The first kappa shape index (κ1) is 20.0. The highest BCUT2D eigenvalue weighted by Crippen LogP contribution is 2.24. The molecule has 28 heavy (non-hydrogen) atoms. The smallest absolute Gasteiger partial charge is 0.321 e. The predicted octanol–water partition coefficient (Wildman–Crippen LogP) is 2.84. The zero-order valence-electron chi connectivity index (χ0n) is 15.0. The van der Waals surface area contributed by atoms with E-state index >= 15 is 0 Å². The summed E-state index contributed by atoms with van der Waals surface area (Å²) in [6.07, 6.45) is 0.714. The van der Waals surface area contributed by atoms with Crippen molar-refractivity contribution in [3.05, 3.63) is 52.5 Å². The first-order chi connectivity index (χ1) is 13.5. The van der Waals surface area contributed by atoms with Crippen LogP contribution in [-0.2, 0) is 18.3 Å². The SMILES string of the molecule is Cn1c(SCC(=O)NC(=O)NCCc2cccs2)nnc1-c1ccccc1F. The van der Waals surface area contributed by atoms with Crippen molar-refractivity contribution in [2.45, 2.75) is 11.6 Å². The number of nitrogens with zero attached hydrogens (tertiary/aromatic N) is 3. The van der Waals surface area contributed by atoms with Crippen molar-refractivity contribution in [2.24, 2.45) is 7.05 Å². The second-order valence-electron chi connectivity index (χ2n) is 5.77. The number of urea groups is 1. The number of rotatable bonds is 7. The van der Waals surface area contributed by atoms with Crippen LogP contribution in [0.5, 0.6) is 0 Å². The number of amides is 3. The number of carbonyl (C=O) groups is 2. The average molecular weight is 420 g/mol. The maximum absolute atomic E-state index is 13.9. The number of hydrogen-bond donors (Lipinski definition) is 2. The second-order valence-corrected chi connectivity index (χ2v) is 7.74. The van der Waals surface area contributed by atoms with Crippen LogP contribution >= 0.6 is 23.1 Å². The largest absolute Gasteiger partial charge is 0.337 e. The molecule has 0 bridgehead atoms. The third-order valence-corrected chi connectivity index (χ3v) is 5.73. The van der Waals surface area contributed by atoms with Crippen LogP contribution in [0.3, 0.4) is 0 Å². The van der Waals surface area contributed by atoms with Gasteiger partial charge in [-0.1, -0.05) is 30.0 Å². The highest BCUT2D eigenvalue weighted by Gasteiger charge is 2.16.